The van der Waals surface area contributed by atoms with Crippen LogP contribution in [0.2, 0.25) is 0 Å². The van der Waals surface area contributed by atoms with Crippen molar-refractivity contribution in [3.8, 4) is 22.8 Å². The van der Waals surface area contributed by atoms with Gasteiger partial charge in [-0.3, -0.25) is 0 Å². The Hall–Kier alpha value is -5.64. The quantitative estimate of drug-likeness (QED) is 0.0830. The molecule has 4 nitrogen and oxygen atoms in total. The highest BCUT2D eigenvalue weighted by Gasteiger charge is 2.66. The molecule has 0 saturated carbocycles. The van der Waals surface area contributed by atoms with E-state index in [1.54, 1.807) is 33.2 Å². The number of para-hydroxylation sites is 2. The largest absolute Gasteiger partial charge is 0.780 e. The van der Waals surface area contributed by atoms with Gasteiger partial charge in [-0.1, -0.05) is 60.7 Å². The van der Waals surface area contributed by atoms with Crippen LogP contribution in [-0.2, 0) is 0 Å². The molecule has 1 spiro atoms. The van der Waals surface area contributed by atoms with Crippen LogP contribution in [0.1, 0.15) is 27.9 Å². The smallest absolute Gasteiger partial charge is 0.601 e. The molecule has 6 aromatic rings. The van der Waals surface area contributed by atoms with Gasteiger partial charge in [0.25, 0.3) is 0 Å². The number of aromatic nitrogens is 1. The number of halogens is 5. The van der Waals surface area contributed by atoms with Crippen LogP contribution in [0, 0.1) is 29.1 Å². The number of benzene rings is 5. The van der Waals surface area contributed by atoms with Crippen LogP contribution in [-0.4, -0.2) is 21.5 Å². The second-order valence-electron chi connectivity index (χ2n) is 11.4. The molecular weight excluding hydrogens is 586 g/mol. The van der Waals surface area contributed by atoms with Crippen molar-refractivity contribution in [2.75, 3.05) is 0 Å². The van der Waals surface area contributed by atoms with Gasteiger partial charge >= 0.3 is 6.82 Å². The Morgan fingerprint density at radius 3 is 1.67 bits per heavy atom. The second kappa shape index (κ2) is 8.09. The van der Waals surface area contributed by atoms with E-state index in [4.69, 9.17) is 9.31 Å². The molecule has 0 fully saturated rings. The highest BCUT2D eigenvalue weighted by molar-refractivity contribution is 6.65. The number of rotatable bonds is 1. The zero-order valence-electron chi connectivity index (χ0n) is 22.9. The minimum absolute atomic E-state index is 0.156. The summed E-state index contributed by atoms with van der Waals surface area (Å²) in [5, 5.41) is 1.23. The van der Waals surface area contributed by atoms with Crippen molar-refractivity contribution in [3.05, 3.63) is 154 Å². The first-order valence-electron chi connectivity index (χ1n) is 14.3. The minimum Gasteiger partial charge on any atom is -0.601 e. The van der Waals surface area contributed by atoms with E-state index in [0.717, 1.165) is 0 Å². The van der Waals surface area contributed by atoms with Crippen LogP contribution in [0.3, 0.4) is 0 Å². The third kappa shape index (κ3) is 2.73. The molecule has 5 heterocycles. The third-order valence-corrected chi connectivity index (χ3v) is 9.27. The van der Waals surface area contributed by atoms with Gasteiger partial charge in [0.05, 0.1) is 39.3 Å². The number of fused-ring (bicyclic) bond motifs is 10. The Labute approximate surface area is 251 Å². The van der Waals surface area contributed by atoms with Gasteiger partial charge in [-0.25, -0.2) is 22.0 Å². The fourth-order valence-corrected chi connectivity index (χ4v) is 7.63. The lowest BCUT2D eigenvalue weighted by Gasteiger charge is -2.47. The lowest BCUT2D eigenvalue weighted by Crippen LogP contribution is -2.69. The molecule has 0 bridgehead atoms. The Balaban J connectivity index is 1.52. The summed E-state index contributed by atoms with van der Waals surface area (Å²) < 4.78 is 93.9. The number of hydrogen-bond acceptors (Lipinski definition) is 2. The second-order valence-corrected chi connectivity index (χ2v) is 11.4. The predicted molar refractivity (Wildman–Crippen MR) is 158 cm³/mol. The molecule has 0 saturated heterocycles. The summed E-state index contributed by atoms with van der Waals surface area (Å²) in [7, 11) is 0. The van der Waals surface area contributed by atoms with E-state index < -0.39 is 41.5 Å². The first kappa shape index (κ1) is 24.8. The summed E-state index contributed by atoms with van der Waals surface area (Å²) >= 11 is 0. The first-order valence-corrected chi connectivity index (χ1v) is 14.3. The van der Waals surface area contributed by atoms with Gasteiger partial charge in [0.2, 0.25) is 5.82 Å². The van der Waals surface area contributed by atoms with Crippen LogP contribution in [0.15, 0.2) is 97.1 Å². The molecule has 1 unspecified atom stereocenters. The standard InChI is InChI=1S/C35H16BF5N2O2/c37-27-25(28(38)30(40)31(41)29(27)39)26-34-19-11-3-1-9-17(19)32-21-13-5-7-15-23(21)44-36(42(32)34)43-33(22-14-6-8-16-24(22)45-36)18-10-2-4-12-20(18)35(26)43/h1-16H. The van der Waals surface area contributed by atoms with E-state index in [-0.39, 0.29) is 17.0 Å². The number of hydrogen-bond donors (Lipinski definition) is 0. The summed E-state index contributed by atoms with van der Waals surface area (Å²) in [5.41, 5.74) is 3.15. The van der Waals surface area contributed by atoms with Crippen LogP contribution < -0.4 is 9.31 Å². The van der Waals surface area contributed by atoms with E-state index in [2.05, 4.69) is 0 Å². The molecule has 5 aromatic carbocycles. The Kier molecular flexibility index (Phi) is 4.45. The lowest BCUT2D eigenvalue weighted by atomic mass is 9.75. The third-order valence-electron chi connectivity index (χ3n) is 9.27. The van der Waals surface area contributed by atoms with Gasteiger partial charge in [0.1, 0.15) is 0 Å². The van der Waals surface area contributed by atoms with E-state index in [1.165, 1.54) is 0 Å². The minimum atomic E-state index is -2.79. The molecule has 1 atom stereocenters. The van der Waals surface area contributed by atoms with E-state index >= 15 is 17.6 Å². The summed E-state index contributed by atoms with van der Waals surface area (Å²) in [5.74, 6) is -9.06. The lowest BCUT2D eigenvalue weighted by molar-refractivity contribution is -0.330. The molecule has 4 aliphatic rings. The fourth-order valence-electron chi connectivity index (χ4n) is 7.63. The zero-order valence-corrected chi connectivity index (χ0v) is 22.9. The Morgan fingerprint density at radius 1 is 0.511 bits per heavy atom. The molecule has 10 rings (SSSR count). The van der Waals surface area contributed by atoms with Crippen molar-refractivity contribution in [2.24, 2.45) is 0 Å². The van der Waals surface area contributed by atoms with Gasteiger partial charge < -0.3 is 18.3 Å². The molecule has 0 N–H and O–H groups in total. The van der Waals surface area contributed by atoms with Crippen molar-refractivity contribution < 1.29 is 35.7 Å². The Morgan fingerprint density at radius 2 is 1.00 bits per heavy atom. The van der Waals surface area contributed by atoms with Crippen LogP contribution >= 0.6 is 0 Å². The molecule has 0 amide bonds. The van der Waals surface area contributed by atoms with Crippen LogP contribution in [0.4, 0.5) is 22.0 Å². The molecule has 0 aliphatic carbocycles. The highest BCUT2D eigenvalue weighted by Crippen LogP contribution is 2.56. The monoisotopic (exact) mass is 602 g/mol. The van der Waals surface area contributed by atoms with Crippen molar-refractivity contribution in [1.29, 1.82) is 0 Å². The van der Waals surface area contributed by atoms with Crippen LogP contribution in [0.25, 0.3) is 33.3 Å². The summed E-state index contributed by atoms with van der Waals surface area (Å²) in [4.78, 5) is 0. The highest BCUT2D eigenvalue weighted by atomic mass is 19.2. The topological polar surface area (TPSA) is 26.4 Å². The SMILES string of the molecule is Fc1c(F)c(F)c(C2=C3c4ccccc4C4=[N+]3[B-]3(Oc5ccccc54)Oc4ccccc4-c4c5ccccc5c2n43)c(F)c1F. The molecule has 45 heavy (non-hydrogen) atoms. The maximum Gasteiger partial charge on any atom is 0.780 e. The van der Waals surface area contributed by atoms with Gasteiger partial charge in [-0.15, -0.1) is 0 Å². The van der Waals surface area contributed by atoms with Gasteiger partial charge in [-0.2, -0.15) is 0 Å². The maximum absolute atomic E-state index is 16.0. The van der Waals surface area contributed by atoms with Gasteiger partial charge in [0.15, 0.2) is 34.7 Å². The van der Waals surface area contributed by atoms with E-state index in [0.29, 0.717) is 55.9 Å². The van der Waals surface area contributed by atoms with Crippen molar-refractivity contribution >= 4 is 34.6 Å². The predicted octanol–water partition coefficient (Wildman–Crippen LogP) is 7.87. The van der Waals surface area contributed by atoms with Crippen LogP contribution in [0.5, 0.6) is 11.5 Å². The maximum atomic E-state index is 16.0. The molecular formula is C35H16BF5N2O2. The zero-order chi connectivity index (χ0) is 30.4. The van der Waals surface area contributed by atoms with Crippen molar-refractivity contribution in [1.82, 2.24) is 4.48 Å². The summed E-state index contributed by atoms with van der Waals surface area (Å²) in [6, 6.07) is 29.2. The molecule has 4 aliphatic heterocycles. The average molecular weight is 602 g/mol. The van der Waals surface area contributed by atoms with Gasteiger partial charge in [-0.05, 0) is 36.4 Å². The van der Waals surface area contributed by atoms with E-state index in [9.17, 15) is 4.39 Å². The van der Waals surface area contributed by atoms with Gasteiger partial charge in [0, 0.05) is 27.7 Å². The van der Waals surface area contributed by atoms with Crippen molar-refractivity contribution in [3.63, 3.8) is 0 Å². The Bertz CT molecular complexity index is 2440. The summed E-state index contributed by atoms with van der Waals surface area (Å²) in [6.07, 6.45) is 0. The normalized spacial score (nSPS) is 18.2. The molecule has 1 aromatic heterocycles. The van der Waals surface area contributed by atoms with E-state index in [1.807, 2.05) is 72.8 Å². The molecule has 0 radical (unpaired) electrons. The molecule has 10 heteroatoms. The molecule has 216 valence electrons. The summed E-state index contributed by atoms with van der Waals surface area (Å²) in [6.45, 7) is -2.79. The average Bonchev–Trinajstić information content (AvgIpc) is 3.61. The number of nitrogens with zero attached hydrogens (tertiary/aromatic N) is 2. The fraction of sp³-hybridized carbons (Fsp3) is 0. The first-order chi connectivity index (χ1) is 21.9. The van der Waals surface area contributed by atoms with Crippen molar-refractivity contribution in [2.45, 2.75) is 0 Å².